The molecule has 3 rings (SSSR count). The summed E-state index contributed by atoms with van der Waals surface area (Å²) in [5, 5.41) is 0. The lowest BCUT2D eigenvalue weighted by Crippen LogP contribution is -2.06. The highest BCUT2D eigenvalue weighted by atomic mass is 16.5. The summed E-state index contributed by atoms with van der Waals surface area (Å²) in [5.74, 6) is 1.00. The molecule has 0 bridgehead atoms. The van der Waals surface area contributed by atoms with E-state index in [9.17, 15) is 4.79 Å². The Bertz CT molecular complexity index is 776. The first-order chi connectivity index (χ1) is 11.2. The molecule has 23 heavy (non-hydrogen) atoms. The average molecular weight is 311 g/mol. The number of benzene rings is 2. The fraction of sp³-hybridized carbons (Fsp3) is 0.222. The first-order valence-corrected chi connectivity index (χ1v) is 7.37. The normalized spacial score (nSPS) is 10.7. The number of oxazole rings is 1. The van der Waals surface area contributed by atoms with Gasteiger partial charge in [0, 0.05) is 6.42 Å². The first-order valence-electron chi connectivity index (χ1n) is 7.37. The SMILES string of the molecule is COc1cccc(COC(=O)CCc2nc3ccccc3o2)c1. The van der Waals surface area contributed by atoms with Crippen molar-refractivity contribution in [2.75, 3.05) is 7.11 Å². The number of esters is 1. The van der Waals surface area contributed by atoms with E-state index < -0.39 is 0 Å². The number of carbonyl (C=O) groups excluding carboxylic acids is 1. The van der Waals surface area contributed by atoms with Crippen molar-refractivity contribution >= 4 is 17.1 Å². The molecular weight excluding hydrogens is 294 g/mol. The average Bonchev–Trinajstić information content (AvgIpc) is 3.01. The molecule has 0 atom stereocenters. The van der Waals surface area contributed by atoms with Crippen molar-refractivity contribution in [3.8, 4) is 5.75 Å². The quantitative estimate of drug-likeness (QED) is 0.652. The summed E-state index contributed by atoms with van der Waals surface area (Å²) in [6, 6.07) is 15.0. The summed E-state index contributed by atoms with van der Waals surface area (Å²) in [7, 11) is 1.60. The van der Waals surface area contributed by atoms with Crippen molar-refractivity contribution in [2.45, 2.75) is 19.4 Å². The van der Waals surface area contributed by atoms with E-state index >= 15 is 0 Å². The Balaban J connectivity index is 1.51. The number of rotatable bonds is 6. The second-order valence-electron chi connectivity index (χ2n) is 5.09. The molecule has 2 aromatic carbocycles. The minimum absolute atomic E-state index is 0.226. The predicted molar refractivity (Wildman–Crippen MR) is 85.1 cm³/mol. The molecule has 5 heteroatoms. The number of carbonyl (C=O) groups is 1. The van der Waals surface area contributed by atoms with E-state index in [2.05, 4.69) is 4.98 Å². The van der Waals surface area contributed by atoms with Crippen LogP contribution in [0.4, 0.5) is 0 Å². The van der Waals surface area contributed by atoms with Crippen LogP contribution in [-0.4, -0.2) is 18.1 Å². The second-order valence-corrected chi connectivity index (χ2v) is 5.09. The van der Waals surface area contributed by atoms with Crippen LogP contribution in [0.2, 0.25) is 0 Å². The van der Waals surface area contributed by atoms with Crippen LogP contribution in [0.15, 0.2) is 52.9 Å². The summed E-state index contributed by atoms with van der Waals surface area (Å²) < 4.78 is 16.0. The van der Waals surface area contributed by atoms with E-state index in [1.54, 1.807) is 7.11 Å². The van der Waals surface area contributed by atoms with Crippen molar-refractivity contribution < 1.29 is 18.7 Å². The lowest BCUT2D eigenvalue weighted by atomic mass is 10.2. The fourth-order valence-electron chi connectivity index (χ4n) is 2.23. The molecule has 0 radical (unpaired) electrons. The van der Waals surface area contributed by atoms with Crippen LogP contribution in [0.1, 0.15) is 17.9 Å². The van der Waals surface area contributed by atoms with Crippen LogP contribution >= 0.6 is 0 Å². The Morgan fingerprint density at radius 1 is 1.17 bits per heavy atom. The molecule has 1 heterocycles. The van der Waals surface area contributed by atoms with Gasteiger partial charge in [0.15, 0.2) is 11.5 Å². The zero-order valence-electron chi connectivity index (χ0n) is 12.8. The molecule has 0 aliphatic carbocycles. The molecule has 118 valence electrons. The van der Waals surface area contributed by atoms with Gasteiger partial charge in [-0.1, -0.05) is 24.3 Å². The molecule has 5 nitrogen and oxygen atoms in total. The van der Waals surface area contributed by atoms with Gasteiger partial charge >= 0.3 is 5.97 Å². The van der Waals surface area contributed by atoms with Crippen LogP contribution in [0.3, 0.4) is 0 Å². The monoisotopic (exact) mass is 311 g/mol. The third-order valence-electron chi connectivity index (χ3n) is 3.42. The zero-order chi connectivity index (χ0) is 16.1. The van der Waals surface area contributed by atoms with E-state index in [1.165, 1.54) is 0 Å². The summed E-state index contributed by atoms with van der Waals surface area (Å²) in [6.45, 7) is 0.226. The number of ether oxygens (including phenoxy) is 2. The van der Waals surface area contributed by atoms with Crippen molar-refractivity contribution in [3.05, 3.63) is 60.0 Å². The van der Waals surface area contributed by atoms with Crippen LogP contribution < -0.4 is 4.74 Å². The number of fused-ring (bicyclic) bond motifs is 1. The maximum absolute atomic E-state index is 11.8. The van der Waals surface area contributed by atoms with Gasteiger partial charge in [-0.2, -0.15) is 0 Å². The molecule has 0 saturated heterocycles. The van der Waals surface area contributed by atoms with E-state index in [4.69, 9.17) is 13.9 Å². The van der Waals surface area contributed by atoms with Gasteiger partial charge in [0.25, 0.3) is 0 Å². The van der Waals surface area contributed by atoms with Gasteiger partial charge in [-0.25, -0.2) is 4.98 Å². The van der Waals surface area contributed by atoms with Gasteiger partial charge in [-0.05, 0) is 29.8 Å². The third kappa shape index (κ3) is 3.88. The largest absolute Gasteiger partial charge is 0.497 e. The van der Waals surface area contributed by atoms with Crippen LogP contribution in [-0.2, 0) is 22.6 Å². The van der Waals surface area contributed by atoms with E-state index in [0.29, 0.717) is 12.3 Å². The van der Waals surface area contributed by atoms with E-state index in [1.807, 2.05) is 48.5 Å². The Morgan fingerprint density at radius 2 is 2.04 bits per heavy atom. The summed E-state index contributed by atoms with van der Waals surface area (Å²) >= 11 is 0. The topological polar surface area (TPSA) is 61.6 Å². The predicted octanol–water partition coefficient (Wildman–Crippen LogP) is 3.51. The van der Waals surface area contributed by atoms with Gasteiger partial charge in [-0.15, -0.1) is 0 Å². The molecule has 0 unspecified atom stereocenters. The van der Waals surface area contributed by atoms with Crippen LogP contribution in [0.5, 0.6) is 5.75 Å². The van der Waals surface area contributed by atoms with E-state index in [-0.39, 0.29) is 19.0 Å². The second kappa shape index (κ2) is 6.96. The lowest BCUT2D eigenvalue weighted by molar-refractivity contribution is -0.145. The minimum Gasteiger partial charge on any atom is -0.497 e. The third-order valence-corrected chi connectivity index (χ3v) is 3.42. The molecule has 0 aliphatic heterocycles. The summed E-state index contributed by atoms with van der Waals surface area (Å²) in [5.41, 5.74) is 2.42. The van der Waals surface area contributed by atoms with Crippen molar-refractivity contribution in [1.82, 2.24) is 4.98 Å². The number of hydrogen-bond acceptors (Lipinski definition) is 5. The first kappa shape index (κ1) is 15.1. The number of aryl methyl sites for hydroxylation is 1. The highest BCUT2D eigenvalue weighted by Gasteiger charge is 2.09. The Hall–Kier alpha value is -2.82. The van der Waals surface area contributed by atoms with Gasteiger partial charge in [0.1, 0.15) is 17.9 Å². The zero-order valence-corrected chi connectivity index (χ0v) is 12.8. The number of methoxy groups -OCH3 is 1. The highest BCUT2D eigenvalue weighted by molar-refractivity contribution is 5.72. The summed E-state index contributed by atoms with van der Waals surface area (Å²) in [6.07, 6.45) is 0.655. The standard InChI is InChI=1S/C18H17NO4/c1-21-14-6-4-5-13(11-14)12-22-18(20)10-9-17-19-15-7-2-3-8-16(15)23-17/h2-8,11H,9-10,12H2,1H3. The Labute approximate surface area is 133 Å². The molecule has 0 N–H and O–H groups in total. The number of aromatic nitrogens is 1. The van der Waals surface area contributed by atoms with Crippen molar-refractivity contribution in [2.24, 2.45) is 0 Å². The van der Waals surface area contributed by atoms with Crippen molar-refractivity contribution in [3.63, 3.8) is 0 Å². The fourth-order valence-corrected chi connectivity index (χ4v) is 2.23. The molecule has 0 spiro atoms. The van der Waals surface area contributed by atoms with Crippen LogP contribution in [0.25, 0.3) is 11.1 Å². The molecule has 1 aromatic heterocycles. The smallest absolute Gasteiger partial charge is 0.306 e. The van der Waals surface area contributed by atoms with Gasteiger partial charge < -0.3 is 13.9 Å². The number of para-hydroxylation sites is 2. The molecule has 0 amide bonds. The molecule has 0 fully saturated rings. The maximum Gasteiger partial charge on any atom is 0.306 e. The van der Waals surface area contributed by atoms with Crippen molar-refractivity contribution in [1.29, 1.82) is 0 Å². The van der Waals surface area contributed by atoms with E-state index in [0.717, 1.165) is 22.4 Å². The van der Waals surface area contributed by atoms with Gasteiger partial charge in [-0.3, -0.25) is 4.79 Å². The maximum atomic E-state index is 11.8. The molecule has 0 aliphatic rings. The Kier molecular flexibility index (Phi) is 4.57. The van der Waals surface area contributed by atoms with Crippen LogP contribution in [0, 0.1) is 0 Å². The minimum atomic E-state index is -0.282. The number of hydrogen-bond donors (Lipinski definition) is 0. The number of nitrogens with zero attached hydrogens (tertiary/aromatic N) is 1. The van der Waals surface area contributed by atoms with Gasteiger partial charge in [0.2, 0.25) is 0 Å². The molecule has 3 aromatic rings. The molecule has 0 saturated carbocycles. The van der Waals surface area contributed by atoms with Gasteiger partial charge in [0.05, 0.1) is 13.5 Å². The summed E-state index contributed by atoms with van der Waals surface area (Å²) in [4.78, 5) is 16.2. The lowest BCUT2D eigenvalue weighted by Gasteiger charge is -2.06. The Morgan fingerprint density at radius 3 is 2.87 bits per heavy atom. The highest BCUT2D eigenvalue weighted by Crippen LogP contribution is 2.16. The molecular formula is C18H17NO4.